The van der Waals surface area contributed by atoms with E-state index in [4.69, 9.17) is 23.4 Å². The monoisotopic (exact) mass is 494 g/mol. The molecule has 0 unspecified atom stereocenters. The van der Waals surface area contributed by atoms with Crippen molar-refractivity contribution in [2.24, 2.45) is 5.92 Å². The molecule has 0 saturated heterocycles. The first-order valence-electron chi connectivity index (χ1n) is 11.2. The van der Waals surface area contributed by atoms with Crippen molar-refractivity contribution in [2.75, 3.05) is 10.6 Å². The summed E-state index contributed by atoms with van der Waals surface area (Å²) >= 11 is 12.2. The number of hydrogen-bond donors (Lipinski definition) is 4. The van der Waals surface area contributed by atoms with Crippen molar-refractivity contribution in [2.45, 2.75) is 31.7 Å². The minimum Gasteiger partial charge on any atom is -0.360 e. The maximum absolute atomic E-state index is 12.7. The molecule has 0 bridgehead atoms. The number of aromatic amines is 1. The fourth-order valence-corrected chi connectivity index (χ4v) is 4.81. The number of rotatable bonds is 6. The summed E-state index contributed by atoms with van der Waals surface area (Å²) in [5, 5.41) is 7.76. The lowest BCUT2D eigenvalue weighted by atomic mass is 9.86. The number of benzene rings is 2. The fraction of sp³-hybridized carbons (Fsp3) is 0.240. The molecule has 2 aromatic carbocycles. The normalized spacial score (nSPS) is 18.1. The molecule has 34 heavy (non-hydrogen) atoms. The third-order valence-corrected chi connectivity index (χ3v) is 6.81. The van der Waals surface area contributed by atoms with Gasteiger partial charge in [-0.2, -0.15) is 0 Å². The van der Waals surface area contributed by atoms with E-state index in [2.05, 4.69) is 30.4 Å². The van der Waals surface area contributed by atoms with Crippen LogP contribution in [0.2, 0.25) is 5.02 Å². The number of carbonyl (C=O) groups is 1. The van der Waals surface area contributed by atoms with Crippen LogP contribution in [-0.4, -0.2) is 26.9 Å². The maximum Gasteiger partial charge on any atom is 0.227 e. The van der Waals surface area contributed by atoms with Gasteiger partial charge in [0, 0.05) is 46.0 Å². The van der Waals surface area contributed by atoms with Crippen molar-refractivity contribution in [3.8, 4) is 11.3 Å². The molecule has 4 N–H and O–H groups in total. The van der Waals surface area contributed by atoms with Crippen LogP contribution >= 0.6 is 23.4 Å². The van der Waals surface area contributed by atoms with Crippen molar-refractivity contribution < 1.29 is 4.79 Å². The summed E-state index contributed by atoms with van der Waals surface area (Å²) in [5.74, 6) is 0.450. The molecule has 0 spiro atoms. The summed E-state index contributed by atoms with van der Waals surface area (Å²) in [7, 11) is 0. The molecule has 0 atom stereocenters. The van der Waals surface area contributed by atoms with Gasteiger partial charge >= 0.3 is 0 Å². The van der Waals surface area contributed by atoms with Crippen LogP contribution in [-0.2, 0) is 4.79 Å². The van der Waals surface area contributed by atoms with Gasteiger partial charge in [0.2, 0.25) is 11.9 Å². The van der Waals surface area contributed by atoms with E-state index < -0.39 is 0 Å². The number of halogens is 2. The lowest BCUT2D eigenvalue weighted by Gasteiger charge is -2.26. The number of nitrogens with one attached hydrogen (secondary N) is 4. The number of hydrogen-bond acceptors (Lipinski definition) is 5. The number of aromatic nitrogens is 3. The molecule has 174 valence electrons. The first-order valence-corrected chi connectivity index (χ1v) is 12.0. The molecule has 0 radical (unpaired) electrons. The Kier molecular flexibility index (Phi) is 6.67. The maximum atomic E-state index is 12.7. The Morgan fingerprint density at radius 2 is 1.82 bits per heavy atom. The number of para-hydroxylation sites is 1. The average Bonchev–Trinajstić information content (AvgIpc) is 3.29. The first-order chi connectivity index (χ1) is 16.6. The summed E-state index contributed by atoms with van der Waals surface area (Å²) in [5.41, 5.74) is 4.05. The van der Waals surface area contributed by atoms with Gasteiger partial charge in [-0.1, -0.05) is 35.9 Å². The van der Waals surface area contributed by atoms with Crippen LogP contribution in [0.4, 0.5) is 17.3 Å². The predicted octanol–water partition coefficient (Wildman–Crippen LogP) is 6.26. The Morgan fingerprint density at radius 1 is 1.03 bits per heavy atom. The molecule has 1 saturated carbocycles. The van der Waals surface area contributed by atoms with E-state index in [9.17, 15) is 4.79 Å². The summed E-state index contributed by atoms with van der Waals surface area (Å²) in [4.78, 5) is 27.8. The molecular formula is C25H24Cl2N6O. The number of anilines is 3. The highest BCUT2D eigenvalue weighted by atomic mass is 35.5. The van der Waals surface area contributed by atoms with E-state index in [0.29, 0.717) is 16.7 Å². The van der Waals surface area contributed by atoms with Crippen molar-refractivity contribution >= 4 is 57.5 Å². The van der Waals surface area contributed by atoms with Crippen molar-refractivity contribution in [3.63, 3.8) is 0 Å². The third kappa shape index (κ3) is 4.87. The van der Waals surface area contributed by atoms with Gasteiger partial charge in [0.1, 0.15) is 0 Å². The van der Waals surface area contributed by atoms with Gasteiger partial charge in [0.15, 0.2) is 0 Å². The van der Waals surface area contributed by atoms with Gasteiger partial charge in [-0.05, 0) is 61.7 Å². The molecule has 1 fully saturated rings. The fourth-order valence-electron chi connectivity index (χ4n) is 4.40. The molecule has 1 aliphatic carbocycles. The Labute approximate surface area is 207 Å². The Hall–Kier alpha value is -3.13. The largest absolute Gasteiger partial charge is 0.360 e. The Morgan fingerprint density at radius 3 is 2.65 bits per heavy atom. The number of H-pyrrole nitrogens is 1. The highest BCUT2D eigenvalue weighted by Gasteiger charge is 2.26. The molecule has 7 nitrogen and oxygen atoms in total. The highest BCUT2D eigenvalue weighted by molar-refractivity contribution is 6.33. The van der Waals surface area contributed by atoms with E-state index in [1.807, 2.05) is 54.7 Å². The van der Waals surface area contributed by atoms with E-state index >= 15 is 0 Å². The number of fused-ring (bicyclic) bond motifs is 1. The van der Waals surface area contributed by atoms with E-state index in [1.54, 1.807) is 6.20 Å². The van der Waals surface area contributed by atoms with Gasteiger partial charge in [-0.3, -0.25) is 4.79 Å². The third-order valence-electron chi connectivity index (χ3n) is 6.23. The molecule has 0 aliphatic heterocycles. The minimum absolute atomic E-state index is 0.00351. The van der Waals surface area contributed by atoms with Gasteiger partial charge < -0.3 is 15.6 Å². The molecule has 1 aliphatic rings. The van der Waals surface area contributed by atoms with Crippen LogP contribution in [0.5, 0.6) is 0 Å². The van der Waals surface area contributed by atoms with Gasteiger partial charge in [0.25, 0.3) is 0 Å². The second-order valence-corrected chi connectivity index (χ2v) is 9.12. The topological polar surface area (TPSA) is 94.7 Å². The van der Waals surface area contributed by atoms with Crippen LogP contribution in [0, 0.1) is 5.92 Å². The van der Waals surface area contributed by atoms with Crippen molar-refractivity contribution in [3.05, 3.63) is 65.9 Å². The summed E-state index contributed by atoms with van der Waals surface area (Å²) in [6.45, 7) is 0. The van der Waals surface area contributed by atoms with Crippen LogP contribution in [0.3, 0.4) is 0 Å². The predicted molar refractivity (Wildman–Crippen MR) is 137 cm³/mol. The number of amides is 1. The first kappa shape index (κ1) is 22.7. The van der Waals surface area contributed by atoms with E-state index in [1.165, 1.54) is 0 Å². The molecule has 5 rings (SSSR count). The molecular weight excluding hydrogens is 471 g/mol. The number of carbonyl (C=O) groups excluding carboxylic acids is 1. The highest BCUT2D eigenvalue weighted by Crippen LogP contribution is 2.33. The van der Waals surface area contributed by atoms with Crippen LogP contribution < -0.4 is 15.5 Å². The van der Waals surface area contributed by atoms with E-state index in [-0.39, 0.29) is 17.9 Å². The van der Waals surface area contributed by atoms with Gasteiger partial charge in [0.05, 0.1) is 16.9 Å². The lowest BCUT2D eigenvalue weighted by Crippen LogP contribution is -2.32. The van der Waals surface area contributed by atoms with Crippen LogP contribution in [0.15, 0.2) is 60.9 Å². The Balaban J connectivity index is 1.31. The standard InChI is InChI=1S/C25H24Cl2N6O/c26-21-14-29-25(32-23(21)20-13-28-22-7-2-1-6-19(20)22)31-18-5-3-4-17(12-18)30-24(34)15-8-10-16(33-27)11-9-15/h1-7,12-16,28,33H,8-11H2,(H,30,34)(H,29,31,32). The summed E-state index contributed by atoms with van der Waals surface area (Å²) in [6.07, 6.45) is 6.93. The van der Waals surface area contributed by atoms with Crippen molar-refractivity contribution in [1.29, 1.82) is 0 Å². The quantitative estimate of drug-likeness (QED) is 0.237. The van der Waals surface area contributed by atoms with Gasteiger partial charge in [-0.25, -0.2) is 14.8 Å². The molecule has 1 amide bonds. The molecule has 2 heterocycles. The molecule has 4 aromatic rings. The Bertz CT molecular complexity index is 1320. The van der Waals surface area contributed by atoms with Gasteiger partial charge in [-0.15, -0.1) is 0 Å². The SMILES string of the molecule is O=C(Nc1cccc(Nc2ncc(Cl)c(-c3c[nH]c4ccccc34)n2)c1)C1CCC(NCl)CC1. The minimum atomic E-state index is -0.00351. The van der Waals surface area contributed by atoms with Crippen LogP contribution in [0.25, 0.3) is 22.2 Å². The second-order valence-electron chi connectivity index (χ2n) is 8.49. The molecule has 9 heteroatoms. The zero-order valence-corrected chi connectivity index (χ0v) is 19.8. The smallest absolute Gasteiger partial charge is 0.227 e. The summed E-state index contributed by atoms with van der Waals surface area (Å²) < 4.78 is 0. The lowest BCUT2D eigenvalue weighted by molar-refractivity contribution is -0.120. The zero-order valence-electron chi connectivity index (χ0n) is 18.3. The van der Waals surface area contributed by atoms with E-state index in [0.717, 1.165) is 53.5 Å². The summed E-state index contributed by atoms with van der Waals surface area (Å²) in [6, 6.07) is 15.8. The molecule has 2 aromatic heterocycles. The number of nitrogens with zero attached hydrogens (tertiary/aromatic N) is 2. The average molecular weight is 495 g/mol. The zero-order chi connectivity index (χ0) is 23.5. The second kappa shape index (κ2) is 10.0. The van der Waals surface area contributed by atoms with Crippen molar-refractivity contribution in [1.82, 2.24) is 19.8 Å². The van der Waals surface area contributed by atoms with Crippen LogP contribution in [0.1, 0.15) is 25.7 Å².